The first-order chi connectivity index (χ1) is 9.42. The van der Waals surface area contributed by atoms with E-state index in [0.717, 1.165) is 23.2 Å². The Bertz CT molecular complexity index is 627. The lowest BCUT2D eigenvalue weighted by atomic mass is 10.1. The van der Waals surface area contributed by atoms with Crippen LogP contribution in [0.4, 0.5) is 20.4 Å². The summed E-state index contributed by atoms with van der Waals surface area (Å²) in [5, 5.41) is 2.87. The number of hydrogen-bond donors (Lipinski definition) is 3. The Balaban J connectivity index is 2.27. The highest BCUT2D eigenvalue weighted by molar-refractivity contribution is 5.48. The van der Waals surface area contributed by atoms with Crippen LogP contribution in [0.15, 0.2) is 16.5 Å². The molecule has 5 nitrogen and oxygen atoms in total. The number of nitrogens with one attached hydrogen (secondary N) is 2. The van der Waals surface area contributed by atoms with E-state index < -0.39 is 11.6 Å². The van der Waals surface area contributed by atoms with Gasteiger partial charge in [0.1, 0.15) is 11.5 Å². The number of pyridine rings is 1. The molecule has 1 unspecified atom stereocenters. The Morgan fingerprint density at radius 1 is 1.20 bits per heavy atom. The van der Waals surface area contributed by atoms with Crippen molar-refractivity contribution in [2.24, 2.45) is 5.84 Å². The summed E-state index contributed by atoms with van der Waals surface area (Å²) in [6.45, 7) is 5.48. The number of hydrogen-bond acceptors (Lipinski definition) is 5. The van der Waals surface area contributed by atoms with Gasteiger partial charge in [-0.2, -0.15) is 0 Å². The van der Waals surface area contributed by atoms with Gasteiger partial charge in [0.05, 0.1) is 6.04 Å². The van der Waals surface area contributed by atoms with Gasteiger partial charge >= 0.3 is 0 Å². The Morgan fingerprint density at radius 3 is 2.40 bits per heavy atom. The van der Waals surface area contributed by atoms with Crippen molar-refractivity contribution >= 4 is 11.6 Å². The largest absolute Gasteiger partial charge is 0.466 e. The van der Waals surface area contributed by atoms with Crippen LogP contribution >= 0.6 is 0 Å². The van der Waals surface area contributed by atoms with Gasteiger partial charge in [0.2, 0.25) is 0 Å². The minimum Gasteiger partial charge on any atom is -0.466 e. The Hall–Kier alpha value is -2.15. The standard InChI is InChI=1S/C13H16F2N4O/c1-6-4-9(8(3)20-6)7(2)17-12-10(14)5-11(15)13(18-12)19-16/h4-5,7H,16H2,1-3H3,(H2,17,18,19). The maximum Gasteiger partial charge on any atom is 0.178 e. The third-order valence-electron chi connectivity index (χ3n) is 2.97. The van der Waals surface area contributed by atoms with Crippen LogP contribution in [0.2, 0.25) is 0 Å². The maximum atomic E-state index is 13.7. The van der Waals surface area contributed by atoms with Crippen molar-refractivity contribution in [3.63, 3.8) is 0 Å². The van der Waals surface area contributed by atoms with Gasteiger partial charge in [0, 0.05) is 11.6 Å². The average Bonchev–Trinajstić information content (AvgIpc) is 2.71. The number of rotatable bonds is 4. The minimum atomic E-state index is -0.849. The Labute approximate surface area is 115 Å². The molecule has 0 fully saturated rings. The number of furan rings is 1. The molecule has 0 aliphatic rings. The van der Waals surface area contributed by atoms with Crippen LogP contribution in [0.3, 0.4) is 0 Å². The lowest BCUT2D eigenvalue weighted by Crippen LogP contribution is -2.15. The van der Waals surface area contributed by atoms with Crippen molar-refractivity contribution in [2.75, 3.05) is 10.7 Å². The van der Waals surface area contributed by atoms with Crippen LogP contribution < -0.4 is 16.6 Å². The number of hydrazine groups is 1. The number of nitrogens with two attached hydrogens (primary N) is 1. The SMILES string of the molecule is Cc1cc(C(C)Nc2nc(NN)c(F)cc2F)c(C)o1. The van der Waals surface area contributed by atoms with E-state index in [4.69, 9.17) is 10.3 Å². The first-order valence-corrected chi connectivity index (χ1v) is 6.08. The van der Waals surface area contributed by atoms with Crippen molar-refractivity contribution in [3.05, 3.63) is 40.9 Å². The predicted molar refractivity (Wildman–Crippen MR) is 72.2 cm³/mol. The first-order valence-electron chi connectivity index (χ1n) is 6.08. The molecule has 0 spiro atoms. The van der Waals surface area contributed by atoms with E-state index in [0.29, 0.717) is 0 Å². The molecule has 20 heavy (non-hydrogen) atoms. The summed E-state index contributed by atoms with van der Waals surface area (Å²) in [4.78, 5) is 3.76. The molecule has 108 valence electrons. The monoisotopic (exact) mass is 282 g/mol. The average molecular weight is 282 g/mol. The molecule has 4 N–H and O–H groups in total. The van der Waals surface area contributed by atoms with Crippen LogP contribution in [0.25, 0.3) is 0 Å². The first kappa shape index (κ1) is 14.3. The number of nitrogen functional groups attached to an aromatic ring is 1. The zero-order valence-corrected chi connectivity index (χ0v) is 11.4. The fourth-order valence-corrected chi connectivity index (χ4v) is 2.03. The number of anilines is 2. The fraction of sp³-hybridized carbons (Fsp3) is 0.308. The van der Waals surface area contributed by atoms with E-state index in [1.807, 2.05) is 26.8 Å². The van der Waals surface area contributed by atoms with Gasteiger partial charge in [0.15, 0.2) is 23.3 Å². The normalized spacial score (nSPS) is 12.3. The van der Waals surface area contributed by atoms with E-state index in [2.05, 4.69) is 15.7 Å². The second-order valence-electron chi connectivity index (χ2n) is 4.53. The molecule has 0 aromatic carbocycles. The lowest BCUT2D eigenvalue weighted by Gasteiger charge is -2.15. The van der Waals surface area contributed by atoms with E-state index in [1.54, 1.807) is 0 Å². The summed E-state index contributed by atoms with van der Waals surface area (Å²) in [7, 11) is 0. The summed E-state index contributed by atoms with van der Waals surface area (Å²) < 4.78 is 32.4. The molecule has 0 saturated heterocycles. The van der Waals surface area contributed by atoms with Crippen LogP contribution in [0, 0.1) is 25.5 Å². The van der Waals surface area contributed by atoms with Gasteiger partial charge in [-0.3, -0.25) is 0 Å². The summed E-state index contributed by atoms with van der Waals surface area (Å²) in [5.74, 6) is 4.69. The van der Waals surface area contributed by atoms with Crippen LogP contribution in [-0.4, -0.2) is 4.98 Å². The molecule has 2 aromatic heterocycles. The van der Waals surface area contributed by atoms with Crippen LogP contribution in [0.5, 0.6) is 0 Å². The smallest absolute Gasteiger partial charge is 0.178 e. The quantitative estimate of drug-likeness (QED) is 0.593. The van der Waals surface area contributed by atoms with E-state index in [1.165, 1.54) is 0 Å². The molecule has 7 heteroatoms. The second kappa shape index (κ2) is 5.46. The van der Waals surface area contributed by atoms with Crippen molar-refractivity contribution in [1.82, 2.24) is 4.98 Å². The molecule has 0 bridgehead atoms. The molecule has 1 atom stereocenters. The topological polar surface area (TPSA) is 76.1 Å². The molecule has 0 saturated carbocycles. The van der Waals surface area contributed by atoms with Gasteiger partial charge < -0.3 is 15.2 Å². The van der Waals surface area contributed by atoms with Crippen molar-refractivity contribution in [1.29, 1.82) is 0 Å². The molecule has 2 heterocycles. The van der Waals surface area contributed by atoms with Gasteiger partial charge in [-0.05, 0) is 26.8 Å². The summed E-state index contributed by atoms with van der Waals surface area (Å²) >= 11 is 0. The lowest BCUT2D eigenvalue weighted by molar-refractivity contribution is 0.499. The van der Waals surface area contributed by atoms with Crippen LogP contribution in [0.1, 0.15) is 30.0 Å². The molecular weight excluding hydrogens is 266 g/mol. The van der Waals surface area contributed by atoms with Gasteiger partial charge in [-0.15, -0.1) is 0 Å². The third kappa shape index (κ3) is 2.72. The third-order valence-corrected chi connectivity index (χ3v) is 2.97. The minimum absolute atomic E-state index is 0.0786. The summed E-state index contributed by atoms with van der Waals surface area (Å²) in [6.07, 6.45) is 0. The molecule has 2 aromatic rings. The van der Waals surface area contributed by atoms with Crippen molar-refractivity contribution in [3.8, 4) is 0 Å². The van der Waals surface area contributed by atoms with E-state index in [9.17, 15) is 8.78 Å². The number of halogens is 2. The number of aromatic nitrogens is 1. The van der Waals surface area contributed by atoms with E-state index >= 15 is 0 Å². The zero-order valence-electron chi connectivity index (χ0n) is 11.4. The van der Waals surface area contributed by atoms with Gasteiger partial charge in [0.25, 0.3) is 0 Å². The summed E-state index contributed by atoms with van der Waals surface area (Å²) in [5.41, 5.74) is 2.96. The molecule has 0 radical (unpaired) electrons. The fourth-order valence-electron chi connectivity index (χ4n) is 2.03. The molecule has 0 aliphatic carbocycles. The predicted octanol–water partition coefficient (Wildman–Crippen LogP) is 3.03. The van der Waals surface area contributed by atoms with E-state index in [-0.39, 0.29) is 17.7 Å². The number of nitrogens with zero attached hydrogens (tertiary/aromatic N) is 1. The Kier molecular flexibility index (Phi) is 3.89. The maximum absolute atomic E-state index is 13.7. The highest BCUT2D eigenvalue weighted by Gasteiger charge is 2.17. The molecule has 0 amide bonds. The molecule has 0 aliphatic heterocycles. The highest BCUT2D eigenvalue weighted by Crippen LogP contribution is 2.26. The number of aryl methyl sites for hydroxylation is 2. The van der Waals surface area contributed by atoms with Crippen molar-refractivity contribution in [2.45, 2.75) is 26.8 Å². The van der Waals surface area contributed by atoms with Crippen LogP contribution in [-0.2, 0) is 0 Å². The second-order valence-corrected chi connectivity index (χ2v) is 4.53. The molecule has 2 rings (SSSR count). The Morgan fingerprint density at radius 2 is 1.85 bits per heavy atom. The summed E-state index contributed by atoms with van der Waals surface area (Å²) in [6, 6.07) is 2.34. The molecular formula is C13H16F2N4O. The zero-order chi connectivity index (χ0) is 14.9. The van der Waals surface area contributed by atoms with Crippen molar-refractivity contribution < 1.29 is 13.2 Å². The highest BCUT2D eigenvalue weighted by atomic mass is 19.1. The van der Waals surface area contributed by atoms with Gasteiger partial charge in [-0.1, -0.05) is 0 Å². The van der Waals surface area contributed by atoms with Gasteiger partial charge in [-0.25, -0.2) is 19.6 Å².